The summed E-state index contributed by atoms with van der Waals surface area (Å²) in [5.74, 6) is -0.868. The lowest BCUT2D eigenvalue weighted by Crippen LogP contribution is -2.16. The highest BCUT2D eigenvalue weighted by Crippen LogP contribution is 2.36. The monoisotopic (exact) mass is 494 g/mol. The molecule has 1 aromatic carbocycles. The number of hydrogen-bond donors (Lipinski definition) is 1. The summed E-state index contributed by atoms with van der Waals surface area (Å²) < 4.78 is 52.5. The molecule has 2 aliphatic carbocycles. The molecule has 9 heteroatoms. The van der Waals surface area contributed by atoms with Gasteiger partial charge in [-0.05, 0) is 49.3 Å². The van der Waals surface area contributed by atoms with E-state index in [1.807, 2.05) is 26.2 Å². The average Bonchev–Trinajstić information content (AvgIpc) is 3.42. The number of allylic oxidation sites excluding steroid dienone is 1. The van der Waals surface area contributed by atoms with Gasteiger partial charge in [0.05, 0.1) is 15.8 Å². The first-order valence-corrected chi connectivity index (χ1v) is 13.5. The summed E-state index contributed by atoms with van der Waals surface area (Å²) in [5.41, 5.74) is 1.42. The maximum atomic E-state index is 13.8. The van der Waals surface area contributed by atoms with E-state index in [0.717, 1.165) is 5.69 Å². The van der Waals surface area contributed by atoms with Crippen LogP contribution in [0.1, 0.15) is 57.7 Å². The van der Waals surface area contributed by atoms with Crippen LogP contribution in [0.25, 0.3) is 5.57 Å². The lowest BCUT2D eigenvalue weighted by molar-refractivity contribution is -0.111. The number of rotatable bonds is 6. The largest absolute Gasteiger partial charge is 0.298 e. The first kappa shape index (κ1) is 24.0. The van der Waals surface area contributed by atoms with Crippen molar-refractivity contribution < 1.29 is 22.0 Å². The van der Waals surface area contributed by atoms with Crippen LogP contribution in [-0.4, -0.2) is 36.9 Å². The number of benzene rings is 1. The number of carbonyl (C=O) groups is 1. The van der Waals surface area contributed by atoms with E-state index in [1.165, 1.54) is 23.5 Å². The third-order valence-electron chi connectivity index (χ3n) is 6.05. The summed E-state index contributed by atoms with van der Waals surface area (Å²) in [6, 6.07) is 6.15. The first-order chi connectivity index (χ1) is 15.4. The van der Waals surface area contributed by atoms with Crippen LogP contribution in [-0.2, 0) is 20.0 Å². The Bertz CT molecular complexity index is 1150. The van der Waals surface area contributed by atoms with Crippen LogP contribution in [0.2, 0.25) is 0 Å². The SMILES string of the molecule is CC(C)(C)c1csc(NC(=O)C(=CC2C[C@@H](F)[C@@H](F)C2)c2ccc(S(=O)(=O)C3CC3)cc2)n1. The van der Waals surface area contributed by atoms with Gasteiger partial charge >= 0.3 is 0 Å². The van der Waals surface area contributed by atoms with Gasteiger partial charge in [0, 0.05) is 16.4 Å². The van der Waals surface area contributed by atoms with Crippen molar-refractivity contribution in [3.63, 3.8) is 0 Å². The molecule has 1 aromatic heterocycles. The molecule has 0 saturated heterocycles. The topological polar surface area (TPSA) is 76.1 Å². The zero-order chi connectivity index (χ0) is 24.0. The molecule has 0 spiro atoms. The summed E-state index contributed by atoms with van der Waals surface area (Å²) in [6.45, 7) is 6.07. The molecule has 1 unspecified atom stereocenters. The number of sulfone groups is 1. The van der Waals surface area contributed by atoms with Crippen molar-refractivity contribution in [1.29, 1.82) is 0 Å². The number of nitrogens with one attached hydrogen (secondary N) is 1. The zero-order valence-electron chi connectivity index (χ0n) is 18.8. The minimum absolute atomic E-state index is 0.0114. The van der Waals surface area contributed by atoms with Gasteiger partial charge in [-0.2, -0.15) is 0 Å². The third-order valence-corrected chi connectivity index (χ3v) is 9.08. The third kappa shape index (κ3) is 5.35. The van der Waals surface area contributed by atoms with E-state index in [1.54, 1.807) is 18.2 Å². The number of halogens is 2. The molecule has 3 atom stereocenters. The Labute approximate surface area is 197 Å². The molecule has 1 amide bonds. The van der Waals surface area contributed by atoms with Gasteiger partial charge in [0.15, 0.2) is 15.0 Å². The molecular weight excluding hydrogens is 466 g/mol. The zero-order valence-corrected chi connectivity index (χ0v) is 20.5. The van der Waals surface area contributed by atoms with Crippen LogP contribution >= 0.6 is 11.3 Å². The standard InChI is InChI=1S/C24H28F2N2O3S2/c1-24(2,3)21-13-32-23(27-21)28-22(29)18(10-14-11-19(25)20(26)12-14)15-4-6-16(7-5-15)33(30,31)17-8-9-17/h4-7,10,13-14,17,19-20H,8-9,11-12H2,1-3H3,(H,27,28,29)/t14?,19-,20+. The average molecular weight is 495 g/mol. The molecule has 2 aliphatic rings. The fourth-order valence-electron chi connectivity index (χ4n) is 3.88. The van der Waals surface area contributed by atoms with Crippen molar-refractivity contribution >= 4 is 37.8 Å². The van der Waals surface area contributed by atoms with E-state index in [9.17, 15) is 22.0 Å². The molecule has 0 radical (unpaired) electrons. The molecule has 178 valence electrons. The molecule has 4 rings (SSSR count). The Balaban J connectivity index is 1.62. The Kier molecular flexibility index (Phi) is 6.48. The molecule has 1 heterocycles. The van der Waals surface area contributed by atoms with E-state index in [4.69, 9.17) is 0 Å². The van der Waals surface area contributed by atoms with Crippen molar-refractivity contribution in [3.8, 4) is 0 Å². The van der Waals surface area contributed by atoms with Gasteiger partial charge in [0.25, 0.3) is 5.91 Å². The van der Waals surface area contributed by atoms with Crippen molar-refractivity contribution in [2.24, 2.45) is 5.92 Å². The highest BCUT2D eigenvalue weighted by Gasteiger charge is 2.37. The van der Waals surface area contributed by atoms with Gasteiger partial charge in [-0.25, -0.2) is 22.2 Å². The lowest BCUT2D eigenvalue weighted by atomic mass is 9.93. The van der Waals surface area contributed by atoms with E-state index in [-0.39, 0.29) is 34.0 Å². The van der Waals surface area contributed by atoms with Gasteiger partial charge in [-0.15, -0.1) is 11.3 Å². The molecule has 0 bridgehead atoms. The van der Waals surface area contributed by atoms with Crippen molar-refractivity contribution in [1.82, 2.24) is 4.98 Å². The minimum Gasteiger partial charge on any atom is -0.298 e. The van der Waals surface area contributed by atoms with Crippen LogP contribution in [0.15, 0.2) is 40.6 Å². The van der Waals surface area contributed by atoms with Crippen LogP contribution in [0.3, 0.4) is 0 Å². The van der Waals surface area contributed by atoms with Gasteiger partial charge in [0.2, 0.25) is 0 Å². The van der Waals surface area contributed by atoms with E-state index in [0.29, 0.717) is 23.5 Å². The number of hydrogen-bond acceptors (Lipinski definition) is 5. The molecular formula is C24H28F2N2O3S2. The second-order valence-electron chi connectivity index (χ2n) is 9.85. The number of amides is 1. The van der Waals surface area contributed by atoms with E-state index >= 15 is 0 Å². The summed E-state index contributed by atoms with van der Waals surface area (Å²) in [7, 11) is -3.35. The Morgan fingerprint density at radius 2 is 1.73 bits per heavy atom. The predicted octanol–water partition coefficient (Wildman–Crippen LogP) is 5.49. The lowest BCUT2D eigenvalue weighted by Gasteiger charge is -2.14. The van der Waals surface area contributed by atoms with Crippen molar-refractivity contribution in [2.45, 2.75) is 74.4 Å². The number of aromatic nitrogens is 1. The number of alkyl halides is 2. The fourth-order valence-corrected chi connectivity index (χ4v) is 6.47. The fraction of sp³-hybridized carbons (Fsp3) is 0.500. The van der Waals surface area contributed by atoms with Crippen molar-refractivity contribution in [3.05, 3.63) is 47.0 Å². The number of thiazole rings is 1. The first-order valence-electron chi connectivity index (χ1n) is 11.1. The quantitative estimate of drug-likeness (QED) is 0.539. The second kappa shape index (κ2) is 8.91. The van der Waals surface area contributed by atoms with Gasteiger partial charge < -0.3 is 0 Å². The van der Waals surface area contributed by atoms with Gasteiger partial charge in [0.1, 0.15) is 12.3 Å². The normalized spacial score (nSPS) is 24.2. The predicted molar refractivity (Wildman–Crippen MR) is 127 cm³/mol. The summed E-state index contributed by atoms with van der Waals surface area (Å²) in [4.78, 5) is 17.9. The molecule has 33 heavy (non-hydrogen) atoms. The second-order valence-corrected chi connectivity index (χ2v) is 12.9. The van der Waals surface area contributed by atoms with Crippen LogP contribution < -0.4 is 5.32 Å². The number of carbonyl (C=O) groups excluding carboxylic acids is 1. The van der Waals surface area contributed by atoms with Gasteiger partial charge in [-0.3, -0.25) is 10.1 Å². The van der Waals surface area contributed by atoms with E-state index in [2.05, 4.69) is 10.3 Å². The molecule has 2 aromatic rings. The Morgan fingerprint density at radius 1 is 1.12 bits per heavy atom. The highest BCUT2D eigenvalue weighted by atomic mass is 32.2. The van der Waals surface area contributed by atoms with Crippen LogP contribution in [0, 0.1) is 5.92 Å². The minimum atomic E-state index is -3.35. The Morgan fingerprint density at radius 3 is 2.24 bits per heavy atom. The number of anilines is 1. The van der Waals surface area contributed by atoms with Crippen molar-refractivity contribution in [2.75, 3.05) is 5.32 Å². The molecule has 1 N–H and O–H groups in total. The molecule has 5 nitrogen and oxygen atoms in total. The maximum absolute atomic E-state index is 13.8. The van der Waals surface area contributed by atoms with Crippen LogP contribution in [0.5, 0.6) is 0 Å². The number of nitrogens with zero attached hydrogens (tertiary/aromatic N) is 1. The molecule has 0 aliphatic heterocycles. The van der Waals surface area contributed by atoms with Gasteiger partial charge in [-0.1, -0.05) is 39.0 Å². The maximum Gasteiger partial charge on any atom is 0.257 e. The highest BCUT2D eigenvalue weighted by molar-refractivity contribution is 7.92. The summed E-state index contributed by atoms with van der Waals surface area (Å²) >= 11 is 1.31. The van der Waals surface area contributed by atoms with E-state index < -0.39 is 34.0 Å². The summed E-state index contributed by atoms with van der Waals surface area (Å²) in [6.07, 6.45) is -0.138. The smallest absolute Gasteiger partial charge is 0.257 e. The molecule has 2 fully saturated rings. The van der Waals surface area contributed by atoms with Crippen LogP contribution in [0.4, 0.5) is 13.9 Å². The molecule has 2 saturated carbocycles. The summed E-state index contributed by atoms with van der Waals surface area (Å²) in [5, 5.41) is 4.78. The Hall–Kier alpha value is -2.13.